The summed E-state index contributed by atoms with van der Waals surface area (Å²) in [5.41, 5.74) is 4.40. The van der Waals surface area contributed by atoms with Gasteiger partial charge in [0.15, 0.2) is 5.82 Å². The SMILES string of the molecule is COC(=O)CC(C)(N)c1ccc(F)c(NC(=O)OCc2ccccc2)c1F. The highest BCUT2D eigenvalue weighted by Gasteiger charge is 2.31. The lowest BCUT2D eigenvalue weighted by Crippen LogP contribution is -2.37. The largest absolute Gasteiger partial charge is 0.469 e. The summed E-state index contributed by atoms with van der Waals surface area (Å²) in [4.78, 5) is 23.4. The summed E-state index contributed by atoms with van der Waals surface area (Å²) in [6, 6.07) is 10.9. The van der Waals surface area contributed by atoms with Gasteiger partial charge >= 0.3 is 12.1 Å². The van der Waals surface area contributed by atoms with Gasteiger partial charge in [0, 0.05) is 5.56 Å². The van der Waals surface area contributed by atoms with Gasteiger partial charge in [0.05, 0.1) is 19.1 Å². The summed E-state index contributed by atoms with van der Waals surface area (Å²) in [6.07, 6.45) is -1.36. The number of esters is 1. The molecule has 0 aromatic heterocycles. The minimum atomic E-state index is -1.46. The maximum Gasteiger partial charge on any atom is 0.412 e. The van der Waals surface area contributed by atoms with Gasteiger partial charge < -0.3 is 15.2 Å². The number of hydrogen-bond acceptors (Lipinski definition) is 5. The van der Waals surface area contributed by atoms with E-state index in [1.807, 2.05) is 5.32 Å². The molecule has 27 heavy (non-hydrogen) atoms. The molecule has 0 aliphatic heterocycles. The van der Waals surface area contributed by atoms with Gasteiger partial charge in [-0.2, -0.15) is 0 Å². The van der Waals surface area contributed by atoms with Gasteiger partial charge in [-0.3, -0.25) is 10.1 Å². The summed E-state index contributed by atoms with van der Waals surface area (Å²) in [7, 11) is 1.18. The van der Waals surface area contributed by atoms with Crippen LogP contribution in [0.4, 0.5) is 19.3 Å². The van der Waals surface area contributed by atoms with Crippen LogP contribution in [0.25, 0.3) is 0 Å². The van der Waals surface area contributed by atoms with Gasteiger partial charge in [0.1, 0.15) is 18.1 Å². The van der Waals surface area contributed by atoms with Gasteiger partial charge in [0.25, 0.3) is 0 Å². The van der Waals surface area contributed by atoms with Crippen molar-refractivity contribution in [1.82, 2.24) is 0 Å². The average Bonchev–Trinajstić information content (AvgIpc) is 2.63. The van der Waals surface area contributed by atoms with Crippen LogP contribution in [0, 0.1) is 11.6 Å². The van der Waals surface area contributed by atoms with Crippen molar-refractivity contribution in [2.45, 2.75) is 25.5 Å². The molecule has 6 nitrogen and oxygen atoms in total. The maximum absolute atomic E-state index is 14.8. The minimum absolute atomic E-state index is 0.0629. The maximum atomic E-state index is 14.8. The van der Waals surface area contributed by atoms with Gasteiger partial charge in [-0.1, -0.05) is 36.4 Å². The van der Waals surface area contributed by atoms with Crippen molar-refractivity contribution in [2.24, 2.45) is 5.73 Å². The van der Waals surface area contributed by atoms with Crippen molar-refractivity contribution in [3.05, 3.63) is 65.2 Å². The fourth-order valence-corrected chi connectivity index (χ4v) is 2.44. The van der Waals surface area contributed by atoms with Crippen molar-refractivity contribution in [3.63, 3.8) is 0 Å². The summed E-state index contributed by atoms with van der Waals surface area (Å²) >= 11 is 0. The highest BCUT2D eigenvalue weighted by molar-refractivity contribution is 5.85. The van der Waals surface area contributed by atoms with E-state index in [4.69, 9.17) is 10.5 Å². The average molecular weight is 378 g/mol. The Bertz CT molecular complexity index is 826. The first-order valence-corrected chi connectivity index (χ1v) is 8.06. The van der Waals surface area contributed by atoms with E-state index in [0.717, 1.165) is 17.7 Å². The Morgan fingerprint density at radius 3 is 2.44 bits per heavy atom. The third kappa shape index (κ3) is 5.24. The van der Waals surface area contributed by atoms with E-state index in [9.17, 15) is 18.4 Å². The fraction of sp³-hybridized carbons (Fsp3) is 0.263. The van der Waals surface area contributed by atoms with Gasteiger partial charge in [-0.05, 0) is 18.6 Å². The zero-order valence-corrected chi connectivity index (χ0v) is 14.9. The van der Waals surface area contributed by atoms with Crippen molar-refractivity contribution in [1.29, 1.82) is 0 Å². The minimum Gasteiger partial charge on any atom is -0.469 e. The van der Waals surface area contributed by atoms with Gasteiger partial charge in [-0.25, -0.2) is 13.6 Å². The fourth-order valence-electron chi connectivity index (χ4n) is 2.44. The third-order valence-corrected chi connectivity index (χ3v) is 3.89. The molecular weight excluding hydrogens is 358 g/mol. The molecule has 0 spiro atoms. The monoisotopic (exact) mass is 378 g/mol. The van der Waals surface area contributed by atoms with Crippen LogP contribution in [0.15, 0.2) is 42.5 Å². The van der Waals surface area contributed by atoms with Crippen LogP contribution in [-0.2, 0) is 26.4 Å². The Kier molecular flexibility index (Phi) is 6.46. The lowest BCUT2D eigenvalue weighted by Gasteiger charge is -2.25. The molecule has 2 aromatic carbocycles. The second kappa shape index (κ2) is 8.59. The number of nitrogens with two attached hydrogens (primary N) is 1. The summed E-state index contributed by atoms with van der Waals surface area (Å²) in [6.45, 7) is 1.34. The molecule has 2 aromatic rings. The number of nitrogens with one attached hydrogen (secondary N) is 1. The second-order valence-corrected chi connectivity index (χ2v) is 6.14. The molecule has 0 aliphatic carbocycles. The Hall–Kier alpha value is -3.00. The third-order valence-electron chi connectivity index (χ3n) is 3.89. The molecular formula is C19H20F2N2O4. The Balaban J connectivity index is 2.16. The van der Waals surface area contributed by atoms with Crippen LogP contribution < -0.4 is 11.1 Å². The zero-order valence-electron chi connectivity index (χ0n) is 14.9. The number of halogens is 2. The van der Waals surface area contributed by atoms with Crippen molar-refractivity contribution in [2.75, 3.05) is 12.4 Å². The molecule has 0 saturated carbocycles. The normalized spacial score (nSPS) is 12.8. The standard InChI is InChI=1S/C19H20F2N2O4/c1-19(22,10-15(24)26-2)13-8-9-14(20)17(16(13)21)23-18(25)27-11-12-6-4-3-5-7-12/h3-9H,10-11,22H2,1-2H3,(H,23,25). The Morgan fingerprint density at radius 1 is 1.15 bits per heavy atom. The van der Waals surface area contributed by atoms with Crippen molar-refractivity contribution in [3.8, 4) is 0 Å². The molecule has 1 atom stereocenters. The number of hydrogen-bond donors (Lipinski definition) is 2. The first-order chi connectivity index (χ1) is 12.7. The van der Waals surface area contributed by atoms with E-state index in [-0.39, 0.29) is 18.6 Å². The predicted molar refractivity (Wildman–Crippen MR) is 94.8 cm³/mol. The van der Waals surface area contributed by atoms with E-state index in [2.05, 4.69) is 4.74 Å². The predicted octanol–water partition coefficient (Wildman–Crippen LogP) is 3.45. The summed E-state index contributed by atoms with van der Waals surface area (Å²) < 4.78 is 38.3. The first-order valence-electron chi connectivity index (χ1n) is 8.06. The molecule has 2 rings (SSSR count). The zero-order chi connectivity index (χ0) is 20.0. The smallest absolute Gasteiger partial charge is 0.412 e. The Labute approximate surface area is 155 Å². The molecule has 0 aliphatic rings. The quantitative estimate of drug-likeness (QED) is 0.752. The number of anilines is 1. The van der Waals surface area contributed by atoms with E-state index >= 15 is 0 Å². The van der Waals surface area contributed by atoms with E-state index < -0.39 is 34.9 Å². The Morgan fingerprint density at radius 2 is 1.81 bits per heavy atom. The molecule has 8 heteroatoms. The molecule has 0 radical (unpaired) electrons. The second-order valence-electron chi connectivity index (χ2n) is 6.14. The van der Waals surface area contributed by atoms with E-state index in [1.54, 1.807) is 30.3 Å². The summed E-state index contributed by atoms with van der Waals surface area (Å²) in [5.74, 6) is -2.73. The van der Waals surface area contributed by atoms with Crippen molar-refractivity contribution >= 4 is 17.7 Å². The molecule has 1 amide bonds. The number of methoxy groups -OCH3 is 1. The van der Waals surface area contributed by atoms with Gasteiger partial charge in [0.2, 0.25) is 0 Å². The number of amides is 1. The first kappa shape index (κ1) is 20.3. The van der Waals surface area contributed by atoms with Crippen LogP contribution in [0.1, 0.15) is 24.5 Å². The molecule has 0 bridgehead atoms. The lowest BCUT2D eigenvalue weighted by molar-refractivity contribution is -0.142. The van der Waals surface area contributed by atoms with E-state index in [0.29, 0.717) is 0 Å². The van der Waals surface area contributed by atoms with Crippen LogP contribution in [0.3, 0.4) is 0 Å². The molecule has 1 unspecified atom stereocenters. The molecule has 0 heterocycles. The lowest BCUT2D eigenvalue weighted by atomic mass is 9.89. The number of rotatable bonds is 6. The van der Waals surface area contributed by atoms with Crippen LogP contribution >= 0.6 is 0 Å². The molecule has 144 valence electrons. The topological polar surface area (TPSA) is 90.6 Å². The number of carbonyl (C=O) groups excluding carboxylic acids is 2. The number of carbonyl (C=O) groups is 2. The van der Waals surface area contributed by atoms with Crippen LogP contribution in [0.5, 0.6) is 0 Å². The molecule has 0 saturated heterocycles. The van der Waals surface area contributed by atoms with Gasteiger partial charge in [-0.15, -0.1) is 0 Å². The van der Waals surface area contributed by atoms with Crippen LogP contribution in [0.2, 0.25) is 0 Å². The van der Waals surface area contributed by atoms with E-state index in [1.165, 1.54) is 14.0 Å². The summed E-state index contributed by atoms with van der Waals surface area (Å²) in [5, 5.41) is 2.05. The highest BCUT2D eigenvalue weighted by atomic mass is 19.1. The number of benzene rings is 2. The number of ether oxygens (including phenoxy) is 2. The van der Waals surface area contributed by atoms with Crippen molar-refractivity contribution < 1.29 is 27.8 Å². The highest BCUT2D eigenvalue weighted by Crippen LogP contribution is 2.31. The van der Waals surface area contributed by atoms with Crippen LogP contribution in [-0.4, -0.2) is 19.2 Å². The molecule has 3 N–H and O–H groups in total. The molecule has 0 fully saturated rings.